The molecule has 4 atom stereocenters. The molecule has 1 aromatic carbocycles. The van der Waals surface area contributed by atoms with Crippen LogP contribution in [0.5, 0.6) is 0 Å². The summed E-state index contributed by atoms with van der Waals surface area (Å²) >= 11 is 1.63. The Labute approximate surface area is 193 Å². The summed E-state index contributed by atoms with van der Waals surface area (Å²) in [6, 6.07) is 12.0. The van der Waals surface area contributed by atoms with Gasteiger partial charge in [0.25, 0.3) is 5.91 Å². The van der Waals surface area contributed by atoms with E-state index in [-0.39, 0.29) is 17.9 Å². The van der Waals surface area contributed by atoms with Crippen molar-refractivity contribution in [3.8, 4) is 0 Å². The third-order valence-electron chi connectivity index (χ3n) is 7.71. The number of carbonyl (C=O) groups is 2. The maximum absolute atomic E-state index is 13.9. The number of hydrogen-bond acceptors (Lipinski definition) is 3. The summed E-state index contributed by atoms with van der Waals surface area (Å²) in [5, 5.41) is 5.40. The zero-order chi connectivity index (χ0) is 22.6. The molecule has 2 aromatic heterocycles. The lowest BCUT2D eigenvalue weighted by molar-refractivity contribution is -0.128. The number of anilines is 1. The highest BCUT2D eigenvalue weighted by Crippen LogP contribution is 2.38. The fourth-order valence-corrected chi connectivity index (χ4v) is 6.24. The number of nitrogens with zero attached hydrogens (tertiary/aromatic N) is 2. The molecule has 1 N–H and O–H groups in total. The van der Waals surface area contributed by atoms with Crippen molar-refractivity contribution < 1.29 is 9.59 Å². The van der Waals surface area contributed by atoms with Crippen molar-refractivity contribution in [3.63, 3.8) is 0 Å². The molecule has 32 heavy (non-hydrogen) atoms. The molecule has 0 radical (unpaired) electrons. The Balaban J connectivity index is 1.57. The van der Waals surface area contributed by atoms with Crippen LogP contribution >= 0.6 is 11.3 Å². The van der Waals surface area contributed by atoms with E-state index in [4.69, 9.17) is 0 Å². The van der Waals surface area contributed by atoms with Gasteiger partial charge < -0.3 is 9.88 Å². The predicted molar refractivity (Wildman–Crippen MR) is 130 cm³/mol. The number of amides is 2. The monoisotopic (exact) mass is 449 g/mol. The number of aromatic nitrogens is 1. The molecule has 0 bridgehead atoms. The average Bonchev–Trinajstić information content (AvgIpc) is 3.35. The van der Waals surface area contributed by atoms with Crippen LogP contribution in [-0.2, 0) is 11.3 Å². The minimum atomic E-state index is -1.02. The van der Waals surface area contributed by atoms with Crippen molar-refractivity contribution in [3.05, 3.63) is 53.0 Å². The second kappa shape index (κ2) is 7.77. The molecule has 3 heterocycles. The summed E-state index contributed by atoms with van der Waals surface area (Å²) in [6.07, 6.45) is 3.34. The molecular weight excluding hydrogens is 418 g/mol. The first-order valence-corrected chi connectivity index (χ1v) is 12.5. The smallest absolute Gasteiger partial charge is 0.275 e. The molecular formula is C26H31N3O2S. The molecule has 168 valence electrons. The van der Waals surface area contributed by atoms with Gasteiger partial charge in [-0.3, -0.25) is 14.5 Å². The van der Waals surface area contributed by atoms with Gasteiger partial charge in [-0.1, -0.05) is 44.4 Å². The van der Waals surface area contributed by atoms with Crippen LogP contribution in [0.1, 0.15) is 56.1 Å². The maximum Gasteiger partial charge on any atom is 0.275 e. The van der Waals surface area contributed by atoms with E-state index < -0.39 is 5.54 Å². The Morgan fingerprint density at radius 3 is 2.66 bits per heavy atom. The van der Waals surface area contributed by atoms with Gasteiger partial charge in [0.05, 0.1) is 16.8 Å². The van der Waals surface area contributed by atoms with E-state index in [0.717, 1.165) is 34.3 Å². The molecule has 0 unspecified atom stereocenters. The first kappa shape index (κ1) is 21.3. The van der Waals surface area contributed by atoms with E-state index in [1.165, 1.54) is 6.42 Å². The maximum atomic E-state index is 13.9. The van der Waals surface area contributed by atoms with Gasteiger partial charge >= 0.3 is 0 Å². The van der Waals surface area contributed by atoms with Gasteiger partial charge in [0.2, 0.25) is 5.91 Å². The van der Waals surface area contributed by atoms with Crippen molar-refractivity contribution in [2.24, 2.45) is 11.8 Å². The fourth-order valence-electron chi connectivity index (χ4n) is 5.42. The largest absolute Gasteiger partial charge is 0.351 e. The third-order valence-corrected chi connectivity index (χ3v) is 8.56. The SMILES string of the molecule is Cc1ccc(N2C(=O)c3cc4sccc4n3C[C@]2(C)C(=O)N[C@@H]2CCC[C@H](C)[C@@H]2C)cc1. The number of benzene rings is 1. The van der Waals surface area contributed by atoms with Crippen molar-refractivity contribution in [1.29, 1.82) is 0 Å². The van der Waals surface area contributed by atoms with Crippen LogP contribution in [0.15, 0.2) is 41.8 Å². The molecule has 6 heteroatoms. The molecule has 1 saturated carbocycles. The van der Waals surface area contributed by atoms with Gasteiger partial charge in [0, 0.05) is 11.7 Å². The lowest BCUT2D eigenvalue weighted by Crippen LogP contribution is -2.66. The zero-order valence-corrected chi connectivity index (χ0v) is 20.0. The normalized spacial score (nSPS) is 28.1. The fraction of sp³-hybridized carbons (Fsp3) is 0.462. The Kier molecular flexibility index (Phi) is 5.16. The number of fused-ring (bicyclic) bond motifs is 3. The highest BCUT2D eigenvalue weighted by atomic mass is 32.1. The first-order chi connectivity index (χ1) is 15.3. The van der Waals surface area contributed by atoms with Crippen molar-refractivity contribution in [2.45, 2.75) is 65.1 Å². The van der Waals surface area contributed by atoms with Crippen LogP contribution in [0.3, 0.4) is 0 Å². The molecule has 0 spiro atoms. The molecule has 1 aliphatic heterocycles. The van der Waals surface area contributed by atoms with Crippen molar-refractivity contribution in [1.82, 2.24) is 9.88 Å². The Morgan fingerprint density at radius 2 is 1.91 bits per heavy atom. The summed E-state index contributed by atoms with van der Waals surface area (Å²) in [7, 11) is 0. The summed E-state index contributed by atoms with van der Waals surface area (Å²) in [6.45, 7) is 8.88. The standard InChI is InChI=1S/C26H31N3O2S/c1-16-8-10-19(11-9-16)29-24(30)22-14-23-21(12-13-32-23)28(22)15-26(29,4)25(31)27-20-7-5-6-17(2)18(20)3/h8-14,17-18,20H,5-7,15H2,1-4H3,(H,27,31)/t17-,18-,20+,26+/m0/s1. The average molecular weight is 450 g/mol. The van der Waals surface area contributed by atoms with E-state index in [0.29, 0.717) is 24.1 Å². The van der Waals surface area contributed by atoms with Gasteiger partial charge in [-0.15, -0.1) is 11.3 Å². The minimum Gasteiger partial charge on any atom is -0.351 e. The van der Waals surface area contributed by atoms with Gasteiger partial charge in [0.1, 0.15) is 11.2 Å². The molecule has 2 amide bonds. The number of rotatable bonds is 3. The summed E-state index contributed by atoms with van der Waals surface area (Å²) in [5.74, 6) is 0.824. The van der Waals surface area contributed by atoms with E-state index in [9.17, 15) is 9.59 Å². The van der Waals surface area contributed by atoms with E-state index >= 15 is 0 Å². The highest BCUT2D eigenvalue weighted by Gasteiger charge is 2.49. The number of nitrogens with one attached hydrogen (secondary N) is 1. The lowest BCUT2D eigenvalue weighted by Gasteiger charge is -2.45. The second-order valence-corrected chi connectivity index (χ2v) is 10.8. The number of aryl methyl sites for hydroxylation is 1. The van der Waals surface area contributed by atoms with Crippen LogP contribution in [0, 0.1) is 18.8 Å². The van der Waals surface area contributed by atoms with E-state index in [1.807, 2.05) is 60.2 Å². The van der Waals surface area contributed by atoms with Crippen LogP contribution in [0.2, 0.25) is 0 Å². The first-order valence-electron chi connectivity index (χ1n) is 11.6. The lowest BCUT2D eigenvalue weighted by atomic mass is 9.77. The summed E-state index contributed by atoms with van der Waals surface area (Å²) < 4.78 is 3.11. The molecule has 3 aromatic rings. The van der Waals surface area contributed by atoms with Crippen molar-refractivity contribution >= 4 is 39.1 Å². The quantitative estimate of drug-likeness (QED) is 0.584. The summed E-state index contributed by atoms with van der Waals surface area (Å²) in [5.41, 5.74) is 2.54. The van der Waals surface area contributed by atoms with E-state index in [1.54, 1.807) is 16.2 Å². The van der Waals surface area contributed by atoms with Crippen LogP contribution < -0.4 is 10.2 Å². The summed E-state index contributed by atoms with van der Waals surface area (Å²) in [4.78, 5) is 29.5. The minimum absolute atomic E-state index is 0.0693. The molecule has 2 aliphatic rings. The highest BCUT2D eigenvalue weighted by molar-refractivity contribution is 7.17. The van der Waals surface area contributed by atoms with E-state index in [2.05, 4.69) is 19.2 Å². The number of hydrogen-bond donors (Lipinski definition) is 1. The van der Waals surface area contributed by atoms with Gasteiger partial charge in [-0.2, -0.15) is 0 Å². The Morgan fingerprint density at radius 1 is 1.16 bits per heavy atom. The van der Waals surface area contributed by atoms with Crippen LogP contribution in [0.25, 0.3) is 10.2 Å². The topological polar surface area (TPSA) is 54.3 Å². The number of carbonyl (C=O) groups excluding carboxylic acids is 2. The van der Waals surface area contributed by atoms with Gasteiger partial charge in [-0.25, -0.2) is 0 Å². The Hall–Kier alpha value is -2.60. The van der Waals surface area contributed by atoms with Crippen molar-refractivity contribution in [2.75, 3.05) is 4.90 Å². The van der Waals surface area contributed by atoms with Gasteiger partial charge in [-0.05, 0) is 61.7 Å². The third kappa shape index (κ3) is 3.27. The number of thiophene rings is 1. The molecule has 1 fully saturated rings. The predicted octanol–water partition coefficient (Wildman–Crippen LogP) is 5.37. The molecule has 5 nitrogen and oxygen atoms in total. The van der Waals surface area contributed by atoms with Gasteiger partial charge in [0.15, 0.2) is 0 Å². The molecule has 5 rings (SSSR count). The van der Waals surface area contributed by atoms with Crippen LogP contribution in [-0.4, -0.2) is 28.0 Å². The second-order valence-electron chi connectivity index (χ2n) is 9.88. The molecule has 1 aliphatic carbocycles. The Bertz CT molecular complexity index is 1180. The molecule has 0 saturated heterocycles. The van der Waals surface area contributed by atoms with Crippen LogP contribution in [0.4, 0.5) is 5.69 Å². The zero-order valence-electron chi connectivity index (χ0n) is 19.2.